The Bertz CT molecular complexity index is 1190. The number of hydrogen-bond acceptors (Lipinski definition) is 8. The number of sulfone groups is 1. The first-order chi connectivity index (χ1) is 15.4. The molecule has 0 unspecified atom stereocenters. The summed E-state index contributed by atoms with van der Waals surface area (Å²) < 4.78 is 35.0. The van der Waals surface area contributed by atoms with Gasteiger partial charge in [-0.15, -0.1) is 0 Å². The maximum atomic E-state index is 12.2. The molecule has 2 aromatic carbocycles. The quantitative estimate of drug-likeness (QED) is 0.626. The van der Waals surface area contributed by atoms with Gasteiger partial charge in [-0.25, -0.2) is 23.2 Å². The van der Waals surface area contributed by atoms with E-state index in [1.54, 1.807) is 48.5 Å². The van der Waals surface area contributed by atoms with E-state index in [1.165, 1.54) is 6.20 Å². The van der Waals surface area contributed by atoms with E-state index in [2.05, 4.69) is 15.3 Å². The molecule has 32 heavy (non-hydrogen) atoms. The van der Waals surface area contributed by atoms with Gasteiger partial charge in [0, 0.05) is 30.6 Å². The number of carbonyl (C=O) groups excluding carboxylic acids is 1. The van der Waals surface area contributed by atoms with Crippen LogP contribution in [0.3, 0.4) is 0 Å². The van der Waals surface area contributed by atoms with Crippen molar-refractivity contribution in [3.05, 3.63) is 60.8 Å². The van der Waals surface area contributed by atoms with Crippen molar-refractivity contribution in [1.29, 1.82) is 0 Å². The topological polar surface area (TPSA) is 111 Å². The Labute approximate surface area is 185 Å². The molecule has 3 aromatic rings. The number of para-hydroxylation sites is 1. The van der Waals surface area contributed by atoms with Crippen LogP contribution in [0.15, 0.2) is 65.7 Å². The molecule has 1 amide bonds. The van der Waals surface area contributed by atoms with Crippen molar-refractivity contribution in [3.63, 3.8) is 0 Å². The predicted molar refractivity (Wildman–Crippen MR) is 120 cm³/mol. The van der Waals surface area contributed by atoms with Crippen LogP contribution in [0.25, 0.3) is 11.4 Å². The summed E-state index contributed by atoms with van der Waals surface area (Å²) in [6, 6.07) is 15.6. The van der Waals surface area contributed by atoms with E-state index in [0.717, 1.165) is 6.26 Å². The van der Waals surface area contributed by atoms with Gasteiger partial charge in [0.25, 0.3) is 0 Å². The Morgan fingerprint density at radius 3 is 2.41 bits per heavy atom. The van der Waals surface area contributed by atoms with Gasteiger partial charge in [0.2, 0.25) is 0 Å². The maximum absolute atomic E-state index is 12.2. The van der Waals surface area contributed by atoms with Crippen molar-refractivity contribution >= 4 is 27.4 Å². The first-order valence-corrected chi connectivity index (χ1v) is 11.8. The van der Waals surface area contributed by atoms with Crippen LogP contribution in [0.1, 0.15) is 0 Å². The van der Waals surface area contributed by atoms with Crippen LogP contribution in [-0.2, 0) is 14.6 Å². The zero-order valence-corrected chi connectivity index (χ0v) is 18.2. The van der Waals surface area contributed by atoms with E-state index in [-0.39, 0.29) is 4.90 Å². The number of anilines is 2. The Morgan fingerprint density at radius 2 is 1.75 bits per heavy atom. The van der Waals surface area contributed by atoms with E-state index in [0.29, 0.717) is 54.9 Å². The standard InChI is InChI=1S/C22H22N4O5S/c1-32(28,29)19-15-23-20(25-21(19)26-11-13-30-14-12-26)16-7-9-17(10-8-16)24-22(27)31-18-5-3-2-4-6-18/h2-10,15H,11-14H2,1H3,(H,24,27). The minimum atomic E-state index is -3.50. The third kappa shape index (κ3) is 5.21. The molecule has 4 rings (SSSR count). The van der Waals surface area contributed by atoms with Gasteiger partial charge in [0.1, 0.15) is 10.6 Å². The summed E-state index contributed by atoms with van der Waals surface area (Å²) in [7, 11) is -3.50. The van der Waals surface area contributed by atoms with Crippen LogP contribution < -0.4 is 15.0 Å². The van der Waals surface area contributed by atoms with Gasteiger partial charge in [0.15, 0.2) is 21.5 Å². The third-order valence-corrected chi connectivity index (χ3v) is 5.88. The second kappa shape index (κ2) is 9.33. The summed E-state index contributed by atoms with van der Waals surface area (Å²) in [6.07, 6.45) is 1.88. The lowest BCUT2D eigenvalue weighted by Gasteiger charge is -2.29. The minimum absolute atomic E-state index is 0.0881. The summed E-state index contributed by atoms with van der Waals surface area (Å²) in [6.45, 7) is 2.10. The van der Waals surface area contributed by atoms with Gasteiger partial charge < -0.3 is 14.4 Å². The lowest BCUT2D eigenvalue weighted by Crippen LogP contribution is -2.37. The monoisotopic (exact) mass is 454 g/mol. The molecule has 166 valence electrons. The van der Waals surface area contributed by atoms with Gasteiger partial charge in [-0.3, -0.25) is 5.32 Å². The van der Waals surface area contributed by atoms with Crippen molar-refractivity contribution in [2.45, 2.75) is 4.90 Å². The first kappa shape index (κ1) is 21.7. The molecule has 0 spiro atoms. The largest absolute Gasteiger partial charge is 0.417 e. The first-order valence-electron chi connectivity index (χ1n) is 9.94. The third-order valence-electron chi connectivity index (χ3n) is 4.79. The number of rotatable bonds is 5. The van der Waals surface area contributed by atoms with E-state index in [1.807, 2.05) is 11.0 Å². The fourth-order valence-corrected chi connectivity index (χ4v) is 3.96. The normalized spacial score (nSPS) is 14.1. The molecule has 0 radical (unpaired) electrons. The predicted octanol–water partition coefficient (Wildman–Crippen LogP) is 2.99. The number of benzene rings is 2. The van der Waals surface area contributed by atoms with Crippen molar-refractivity contribution in [3.8, 4) is 17.1 Å². The molecular weight excluding hydrogens is 432 g/mol. The highest BCUT2D eigenvalue weighted by Gasteiger charge is 2.23. The summed E-state index contributed by atoms with van der Waals surface area (Å²) in [5.41, 5.74) is 1.22. The van der Waals surface area contributed by atoms with Gasteiger partial charge >= 0.3 is 6.09 Å². The Hall–Kier alpha value is -3.50. The van der Waals surface area contributed by atoms with Crippen LogP contribution in [0, 0.1) is 0 Å². The fraction of sp³-hybridized carbons (Fsp3) is 0.227. The number of aromatic nitrogens is 2. The van der Waals surface area contributed by atoms with E-state index < -0.39 is 15.9 Å². The summed E-state index contributed by atoms with van der Waals surface area (Å²) >= 11 is 0. The summed E-state index contributed by atoms with van der Waals surface area (Å²) in [5.74, 6) is 1.20. The second-order valence-electron chi connectivity index (χ2n) is 7.16. The number of ether oxygens (including phenoxy) is 2. The zero-order valence-electron chi connectivity index (χ0n) is 17.4. The van der Waals surface area contributed by atoms with Gasteiger partial charge in [-0.2, -0.15) is 0 Å². The molecule has 10 heteroatoms. The minimum Gasteiger partial charge on any atom is -0.410 e. The van der Waals surface area contributed by atoms with Gasteiger partial charge in [-0.1, -0.05) is 18.2 Å². The molecule has 1 aromatic heterocycles. The van der Waals surface area contributed by atoms with E-state index in [9.17, 15) is 13.2 Å². The zero-order chi connectivity index (χ0) is 22.6. The number of amides is 1. The molecule has 1 fully saturated rings. The molecule has 0 aliphatic carbocycles. The summed E-state index contributed by atoms with van der Waals surface area (Å²) in [4.78, 5) is 22.8. The Morgan fingerprint density at radius 1 is 1.06 bits per heavy atom. The van der Waals surface area contributed by atoms with E-state index in [4.69, 9.17) is 9.47 Å². The Balaban J connectivity index is 1.54. The smallest absolute Gasteiger partial charge is 0.410 e. The fourth-order valence-electron chi connectivity index (χ4n) is 3.21. The molecule has 1 aliphatic rings. The van der Waals surface area contributed by atoms with E-state index >= 15 is 0 Å². The second-order valence-corrected chi connectivity index (χ2v) is 9.14. The molecule has 1 N–H and O–H groups in total. The average Bonchev–Trinajstić information content (AvgIpc) is 2.80. The van der Waals surface area contributed by atoms with Crippen LogP contribution in [0.4, 0.5) is 16.3 Å². The van der Waals surface area contributed by atoms with Crippen molar-refractivity contribution in [1.82, 2.24) is 9.97 Å². The Kier molecular flexibility index (Phi) is 6.33. The average molecular weight is 455 g/mol. The SMILES string of the molecule is CS(=O)(=O)c1cnc(-c2ccc(NC(=O)Oc3ccccc3)cc2)nc1N1CCOCC1. The molecule has 2 heterocycles. The highest BCUT2D eigenvalue weighted by atomic mass is 32.2. The highest BCUT2D eigenvalue weighted by molar-refractivity contribution is 7.90. The number of nitrogens with one attached hydrogen (secondary N) is 1. The van der Waals surface area contributed by atoms with Gasteiger partial charge in [0.05, 0.1) is 19.4 Å². The van der Waals surface area contributed by atoms with Gasteiger partial charge in [-0.05, 0) is 36.4 Å². The van der Waals surface area contributed by atoms with Crippen LogP contribution >= 0.6 is 0 Å². The van der Waals surface area contributed by atoms with Crippen LogP contribution in [0.2, 0.25) is 0 Å². The molecule has 1 aliphatic heterocycles. The lowest BCUT2D eigenvalue weighted by atomic mass is 10.2. The maximum Gasteiger partial charge on any atom is 0.417 e. The lowest BCUT2D eigenvalue weighted by molar-refractivity contribution is 0.122. The van der Waals surface area contributed by atoms with Crippen molar-refractivity contribution in [2.24, 2.45) is 0 Å². The molecule has 0 atom stereocenters. The molecule has 9 nitrogen and oxygen atoms in total. The molecule has 0 bridgehead atoms. The molecular formula is C22H22N4O5S. The molecule has 1 saturated heterocycles. The number of carbonyl (C=O) groups is 1. The molecule has 0 saturated carbocycles. The van der Waals surface area contributed by atoms with Crippen LogP contribution in [-0.4, -0.2) is 57.0 Å². The number of hydrogen-bond donors (Lipinski definition) is 1. The summed E-state index contributed by atoms with van der Waals surface area (Å²) in [5, 5.41) is 2.66. The van der Waals surface area contributed by atoms with Crippen molar-refractivity contribution < 1.29 is 22.7 Å². The van der Waals surface area contributed by atoms with Crippen molar-refractivity contribution in [2.75, 3.05) is 42.8 Å². The van der Waals surface area contributed by atoms with Crippen LogP contribution in [0.5, 0.6) is 5.75 Å². The number of morpholine rings is 1. The number of nitrogens with zero attached hydrogens (tertiary/aromatic N) is 3. The highest BCUT2D eigenvalue weighted by Crippen LogP contribution is 2.27.